The second kappa shape index (κ2) is 5.90. The molecule has 2 nitrogen and oxygen atoms in total. The van der Waals surface area contributed by atoms with E-state index in [-0.39, 0.29) is 0 Å². The maximum Gasteiger partial charge on any atom is 0.129 e. The van der Waals surface area contributed by atoms with Crippen LogP contribution in [0.4, 0.5) is 0 Å². The second-order valence-corrected chi connectivity index (χ2v) is 5.64. The molecule has 3 aromatic rings. The van der Waals surface area contributed by atoms with Gasteiger partial charge in [-0.25, -0.2) is 4.98 Å². The summed E-state index contributed by atoms with van der Waals surface area (Å²) in [6.45, 7) is 4.29. The van der Waals surface area contributed by atoms with Gasteiger partial charge in [0.2, 0.25) is 0 Å². The Balaban J connectivity index is 2.29. The number of hydrogen-bond acceptors (Lipinski definition) is 1. The molecule has 3 rings (SSSR count). The lowest BCUT2D eigenvalue weighted by Crippen LogP contribution is -2.03. The number of nitrogens with zero attached hydrogens (tertiary/aromatic N) is 2. The Morgan fingerprint density at radius 1 is 1.14 bits per heavy atom. The van der Waals surface area contributed by atoms with Gasteiger partial charge >= 0.3 is 0 Å². The zero-order valence-electron chi connectivity index (χ0n) is 12.4. The van der Waals surface area contributed by atoms with Crippen molar-refractivity contribution < 1.29 is 0 Å². The third-order valence-corrected chi connectivity index (χ3v) is 3.99. The van der Waals surface area contributed by atoms with Gasteiger partial charge in [0.15, 0.2) is 0 Å². The van der Waals surface area contributed by atoms with Crippen LogP contribution >= 0.6 is 11.6 Å². The number of aryl methyl sites for hydroxylation is 2. The summed E-state index contributed by atoms with van der Waals surface area (Å²) in [4.78, 5) is 4.70. The minimum Gasteiger partial charge on any atom is -0.295 e. The number of alkyl halides is 1. The van der Waals surface area contributed by atoms with Gasteiger partial charge in [0, 0.05) is 0 Å². The molecule has 0 atom stereocenters. The summed E-state index contributed by atoms with van der Waals surface area (Å²) < 4.78 is 2.20. The summed E-state index contributed by atoms with van der Waals surface area (Å²) in [5.41, 5.74) is 5.89. The van der Waals surface area contributed by atoms with Crippen LogP contribution in [0.3, 0.4) is 0 Å². The lowest BCUT2D eigenvalue weighted by Gasteiger charge is -2.13. The number of rotatable bonds is 4. The Labute approximate surface area is 130 Å². The fourth-order valence-electron chi connectivity index (χ4n) is 2.81. The van der Waals surface area contributed by atoms with Crippen LogP contribution in [0.2, 0.25) is 0 Å². The highest BCUT2D eigenvalue weighted by Gasteiger charge is 2.14. The van der Waals surface area contributed by atoms with Gasteiger partial charge in [-0.05, 0) is 42.7 Å². The molecule has 2 aromatic carbocycles. The van der Waals surface area contributed by atoms with Crippen molar-refractivity contribution in [3.8, 4) is 5.69 Å². The van der Waals surface area contributed by atoms with Crippen LogP contribution in [-0.4, -0.2) is 9.55 Å². The third kappa shape index (κ3) is 2.56. The highest BCUT2D eigenvalue weighted by Crippen LogP contribution is 2.26. The molecular formula is C18H19ClN2. The van der Waals surface area contributed by atoms with Crippen LogP contribution < -0.4 is 0 Å². The average molecular weight is 299 g/mol. The number of benzene rings is 2. The van der Waals surface area contributed by atoms with E-state index in [9.17, 15) is 0 Å². The largest absolute Gasteiger partial charge is 0.295 e. The Hall–Kier alpha value is -1.80. The molecule has 1 heterocycles. The topological polar surface area (TPSA) is 17.8 Å². The van der Waals surface area contributed by atoms with Crippen LogP contribution in [0, 0.1) is 6.92 Å². The molecule has 0 bridgehead atoms. The predicted octanol–water partition coefficient (Wildman–Crippen LogP) is 5.03. The Morgan fingerprint density at radius 2 is 1.95 bits per heavy atom. The molecule has 0 saturated carbocycles. The first-order valence-corrected chi connectivity index (χ1v) is 7.90. The summed E-state index contributed by atoms with van der Waals surface area (Å²) in [6.07, 6.45) is 2.18. The maximum atomic E-state index is 6.14. The maximum absolute atomic E-state index is 6.14. The van der Waals surface area contributed by atoms with Crippen molar-refractivity contribution in [1.29, 1.82) is 0 Å². The molecule has 108 valence electrons. The zero-order valence-corrected chi connectivity index (χ0v) is 13.2. The normalized spacial score (nSPS) is 11.2. The first-order chi connectivity index (χ1) is 10.2. The minimum absolute atomic E-state index is 0.411. The highest BCUT2D eigenvalue weighted by molar-refractivity contribution is 6.17. The Morgan fingerprint density at radius 3 is 2.71 bits per heavy atom. The summed E-state index contributed by atoms with van der Waals surface area (Å²) in [6, 6.07) is 14.9. The number of aromatic nitrogens is 2. The van der Waals surface area contributed by atoms with Gasteiger partial charge in [-0.15, -0.1) is 11.6 Å². The first kappa shape index (κ1) is 14.2. The van der Waals surface area contributed by atoms with Gasteiger partial charge in [-0.2, -0.15) is 0 Å². The van der Waals surface area contributed by atoms with E-state index in [1.165, 1.54) is 16.8 Å². The molecular weight excluding hydrogens is 280 g/mol. The van der Waals surface area contributed by atoms with E-state index >= 15 is 0 Å². The molecule has 0 radical (unpaired) electrons. The van der Waals surface area contributed by atoms with Crippen molar-refractivity contribution in [2.45, 2.75) is 32.6 Å². The molecule has 0 fully saturated rings. The molecule has 0 unspecified atom stereocenters. The highest BCUT2D eigenvalue weighted by atomic mass is 35.5. The van der Waals surface area contributed by atoms with E-state index in [1.54, 1.807) is 0 Å². The molecule has 0 spiro atoms. The van der Waals surface area contributed by atoms with Crippen molar-refractivity contribution in [3.05, 3.63) is 59.4 Å². The van der Waals surface area contributed by atoms with Gasteiger partial charge in [0.05, 0.1) is 22.6 Å². The van der Waals surface area contributed by atoms with Gasteiger partial charge < -0.3 is 0 Å². The molecule has 3 heteroatoms. The molecule has 21 heavy (non-hydrogen) atoms. The molecule has 0 aliphatic carbocycles. The summed E-state index contributed by atoms with van der Waals surface area (Å²) in [5.74, 6) is 1.31. The van der Waals surface area contributed by atoms with Crippen molar-refractivity contribution in [1.82, 2.24) is 9.55 Å². The van der Waals surface area contributed by atoms with E-state index in [0.717, 1.165) is 29.7 Å². The van der Waals surface area contributed by atoms with E-state index in [4.69, 9.17) is 16.6 Å². The number of imidazole rings is 1. The van der Waals surface area contributed by atoms with Crippen molar-refractivity contribution in [3.63, 3.8) is 0 Å². The van der Waals surface area contributed by atoms with Crippen LogP contribution in [-0.2, 0) is 12.3 Å². The number of halogens is 1. The zero-order chi connectivity index (χ0) is 14.8. The standard InChI is InChI=1S/C18H19ClN2/c1-3-6-14-7-4-5-8-16(14)21-17-10-9-13(2)11-15(17)20-18(21)12-19/h4-5,7-11H,3,6,12H2,1-2H3. The quantitative estimate of drug-likeness (QED) is 0.618. The summed E-state index contributed by atoms with van der Waals surface area (Å²) in [7, 11) is 0. The van der Waals surface area contributed by atoms with Crippen molar-refractivity contribution in [2.75, 3.05) is 0 Å². The van der Waals surface area contributed by atoms with Crippen molar-refractivity contribution >= 4 is 22.6 Å². The smallest absolute Gasteiger partial charge is 0.129 e. The monoisotopic (exact) mass is 298 g/mol. The van der Waals surface area contributed by atoms with Crippen LogP contribution in [0.1, 0.15) is 30.3 Å². The Kier molecular flexibility index (Phi) is 3.98. The summed E-state index contributed by atoms with van der Waals surface area (Å²) in [5, 5.41) is 0. The second-order valence-electron chi connectivity index (χ2n) is 5.37. The number of para-hydroxylation sites is 1. The summed E-state index contributed by atoms with van der Waals surface area (Å²) >= 11 is 6.14. The predicted molar refractivity (Wildman–Crippen MR) is 89.4 cm³/mol. The third-order valence-electron chi connectivity index (χ3n) is 3.75. The molecule has 0 saturated heterocycles. The van der Waals surface area contributed by atoms with E-state index < -0.39 is 0 Å². The van der Waals surface area contributed by atoms with Crippen molar-refractivity contribution in [2.24, 2.45) is 0 Å². The molecule has 1 aromatic heterocycles. The molecule has 0 N–H and O–H groups in total. The lowest BCUT2D eigenvalue weighted by molar-refractivity contribution is 0.889. The molecule has 0 amide bonds. The molecule has 0 aliphatic heterocycles. The minimum atomic E-state index is 0.411. The number of fused-ring (bicyclic) bond motifs is 1. The fraction of sp³-hybridized carbons (Fsp3) is 0.278. The van der Waals surface area contributed by atoms with Gasteiger partial charge in [0.25, 0.3) is 0 Å². The number of hydrogen-bond donors (Lipinski definition) is 0. The Bertz CT molecular complexity index is 774. The van der Waals surface area contributed by atoms with Gasteiger partial charge in [0.1, 0.15) is 5.82 Å². The van der Waals surface area contributed by atoms with Crippen LogP contribution in [0.15, 0.2) is 42.5 Å². The first-order valence-electron chi connectivity index (χ1n) is 7.36. The van der Waals surface area contributed by atoms with Gasteiger partial charge in [-0.3, -0.25) is 4.57 Å². The molecule has 0 aliphatic rings. The van der Waals surface area contributed by atoms with E-state index in [1.807, 2.05) is 0 Å². The van der Waals surface area contributed by atoms with Crippen LogP contribution in [0.5, 0.6) is 0 Å². The van der Waals surface area contributed by atoms with Gasteiger partial charge in [-0.1, -0.05) is 37.6 Å². The SMILES string of the molecule is CCCc1ccccc1-n1c(CCl)nc2cc(C)ccc21. The lowest BCUT2D eigenvalue weighted by atomic mass is 10.1. The van der Waals surface area contributed by atoms with Crippen LogP contribution in [0.25, 0.3) is 16.7 Å². The fourth-order valence-corrected chi connectivity index (χ4v) is 2.99. The van der Waals surface area contributed by atoms with E-state index in [2.05, 4.69) is 60.9 Å². The van der Waals surface area contributed by atoms with E-state index in [0.29, 0.717) is 5.88 Å². The average Bonchev–Trinajstić information content (AvgIpc) is 2.85.